The summed E-state index contributed by atoms with van der Waals surface area (Å²) in [5, 5.41) is 6.45. The highest BCUT2D eigenvalue weighted by Crippen LogP contribution is 2.35. The van der Waals surface area contributed by atoms with Crippen molar-refractivity contribution in [1.82, 2.24) is 10.6 Å². The molecule has 4 nitrogen and oxygen atoms in total. The van der Waals surface area contributed by atoms with Gasteiger partial charge < -0.3 is 15.4 Å². The van der Waals surface area contributed by atoms with Crippen molar-refractivity contribution in [3.05, 3.63) is 35.9 Å². The van der Waals surface area contributed by atoms with Gasteiger partial charge >= 0.3 is 6.09 Å². The molecule has 20 heavy (non-hydrogen) atoms. The Labute approximate surface area is 119 Å². The molecule has 3 unspecified atom stereocenters. The van der Waals surface area contributed by atoms with Crippen LogP contribution in [0.1, 0.15) is 24.8 Å². The van der Waals surface area contributed by atoms with Crippen LogP contribution < -0.4 is 10.6 Å². The third kappa shape index (κ3) is 3.31. The standard InChI is InChI=1S/C16H22N2O2/c19-16(20-11-12-4-2-1-3-5-12)18-15-8-13-6-7-17-10-14(13)9-15/h1-5,13-15,17H,6-11H2,(H,18,19). The maximum Gasteiger partial charge on any atom is 0.407 e. The second-order valence-electron chi connectivity index (χ2n) is 5.89. The number of nitrogens with one attached hydrogen (secondary N) is 2. The average Bonchev–Trinajstić information content (AvgIpc) is 2.88. The van der Waals surface area contributed by atoms with Crippen LogP contribution in [0.2, 0.25) is 0 Å². The third-order valence-corrected chi connectivity index (χ3v) is 4.47. The van der Waals surface area contributed by atoms with Gasteiger partial charge in [0, 0.05) is 6.04 Å². The van der Waals surface area contributed by atoms with Gasteiger partial charge in [-0.2, -0.15) is 0 Å². The lowest BCUT2D eigenvalue weighted by Gasteiger charge is -2.25. The van der Waals surface area contributed by atoms with Crippen LogP contribution in [0, 0.1) is 11.8 Å². The molecule has 0 radical (unpaired) electrons. The van der Waals surface area contributed by atoms with Gasteiger partial charge in [0.25, 0.3) is 0 Å². The summed E-state index contributed by atoms with van der Waals surface area (Å²) in [6.07, 6.45) is 3.14. The number of hydrogen-bond acceptors (Lipinski definition) is 3. The van der Waals surface area contributed by atoms with Crippen LogP contribution in [0.25, 0.3) is 0 Å². The lowest BCUT2D eigenvalue weighted by molar-refractivity contribution is 0.135. The zero-order valence-electron chi connectivity index (χ0n) is 11.7. The number of carbonyl (C=O) groups is 1. The highest BCUT2D eigenvalue weighted by atomic mass is 16.5. The zero-order valence-corrected chi connectivity index (χ0v) is 11.7. The largest absolute Gasteiger partial charge is 0.445 e. The predicted molar refractivity (Wildman–Crippen MR) is 77.3 cm³/mol. The van der Waals surface area contributed by atoms with E-state index in [1.807, 2.05) is 30.3 Å². The van der Waals surface area contributed by atoms with E-state index in [4.69, 9.17) is 4.74 Å². The van der Waals surface area contributed by atoms with Crippen LogP contribution in [0.4, 0.5) is 4.79 Å². The number of rotatable bonds is 3. The number of benzene rings is 1. The second-order valence-corrected chi connectivity index (χ2v) is 5.89. The van der Waals surface area contributed by atoms with E-state index in [0.29, 0.717) is 6.61 Å². The topological polar surface area (TPSA) is 50.4 Å². The first kappa shape index (κ1) is 13.4. The zero-order chi connectivity index (χ0) is 13.8. The van der Waals surface area contributed by atoms with Crippen LogP contribution in [0.5, 0.6) is 0 Å². The Morgan fingerprint density at radius 1 is 1.25 bits per heavy atom. The van der Waals surface area contributed by atoms with Gasteiger partial charge in [0.2, 0.25) is 0 Å². The Bertz CT molecular complexity index is 435. The normalized spacial score (nSPS) is 28.7. The third-order valence-electron chi connectivity index (χ3n) is 4.47. The molecule has 1 amide bonds. The minimum absolute atomic E-state index is 0.285. The molecule has 108 valence electrons. The molecule has 1 aromatic carbocycles. The molecule has 3 rings (SSSR count). The first-order chi connectivity index (χ1) is 9.81. The summed E-state index contributed by atoms with van der Waals surface area (Å²) >= 11 is 0. The Morgan fingerprint density at radius 2 is 2.05 bits per heavy atom. The van der Waals surface area contributed by atoms with E-state index in [1.165, 1.54) is 6.42 Å². The van der Waals surface area contributed by atoms with Crippen LogP contribution in [-0.4, -0.2) is 25.2 Å². The Kier molecular flexibility index (Phi) is 4.21. The van der Waals surface area contributed by atoms with E-state index in [-0.39, 0.29) is 12.1 Å². The van der Waals surface area contributed by atoms with Gasteiger partial charge in [-0.3, -0.25) is 0 Å². The Balaban J connectivity index is 1.43. The van der Waals surface area contributed by atoms with Crippen molar-refractivity contribution in [3.8, 4) is 0 Å². The lowest BCUT2D eigenvalue weighted by atomic mass is 9.90. The molecule has 3 atom stereocenters. The maximum absolute atomic E-state index is 11.8. The Morgan fingerprint density at radius 3 is 2.85 bits per heavy atom. The Hall–Kier alpha value is -1.55. The van der Waals surface area contributed by atoms with Crippen molar-refractivity contribution in [1.29, 1.82) is 0 Å². The van der Waals surface area contributed by atoms with Crippen LogP contribution in [0.3, 0.4) is 0 Å². The number of amides is 1. The summed E-state index contributed by atoms with van der Waals surface area (Å²) < 4.78 is 5.28. The first-order valence-electron chi connectivity index (χ1n) is 7.49. The number of ether oxygens (including phenoxy) is 1. The van der Waals surface area contributed by atoms with Crippen molar-refractivity contribution < 1.29 is 9.53 Å². The monoisotopic (exact) mass is 274 g/mol. The summed E-state index contributed by atoms with van der Waals surface area (Å²) in [6.45, 7) is 2.56. The van der Waals surface area contributed by atoms with E-state index in [9.17, 15) is 4.79 Å². The number of hydrogen-bond donors (Lipinski definition) is 2. The molecule has 0 aromatic heterocycles. The molecule has 1 saturated heterocycles. The van der Waals surface area contributed by atoms with Gasteiger partial charge in [0.05, 0.1) is 0 Å². The number of carbonyl (C=O) groups excluding carboxylic acids is 1. The van der Waals surface area contributed by atoms with E-state index in [1.54, 1.807) is 0 Å². The van der Waals surface area contributed by atoms with Gasteiger partial charge in [-0.05, 0) is 49.8 Å². The van der Waals surface area contributed by atoms with Crippen LogP contribution in [-0.2, 0) is 11.3 Å². The SMILES string of the molecule is O=C(NC1CC2CCNCC2C1)OCc1ccccc1. The summed E-state index contributed by atoms with van der Waals surface area (Å²) in [5.74, 6) is 1.50. The predicted octanol–water partition coefficient (Wildman–Crippen LogP) is 2.30. The molecule has 4 heteroatoms. The van der Waals surface area contributed by atoms with Crippen molar-refractivity contribution in [2.75, 3.05) is 13.1 Å². The highest BCUT2D eigenvalue weighted by molar-refractivity contribution is 5.67. The minimum Gasteiger partial charge on any atom is -0.445 e. The highest BCUT2D eigenvalue weighted by Gasteiger charge is 2.36. The van der Waals surface area contributed by atoms with E-state index in [0.717, 1.165) is 43.3 Å². The molecular formula is C16H22N2O2. The minimum atomic E-state index is -0.287. The maximum atomic E-state index is 11.8. The van der Waals surface area contributed by atoms with Gasteiger partial charge in [0.1, 0.15) is 6.61 Å². The molecule has 0 bridgehead atoms. The van der Waals surface area contributed by atoms with Gasteiger partial charge in [0.15, 0.2) is 0 Å². The number of fused-ring (bicyclic) bond motifs is 1. The molecule has 2 fully saturated rings. The second kappa shape index (κ2) is 6.27. The fourth-order valence-corrected chi connectivity index (χ4v) is 3.44. The number of piperidine rings is 1. The van der Waals surface area contributed by atoms with Gasteiger partial charge in [-0.25, -0.2) is 4.79 Å². The summed E-state index contributed by atoms with van der Waals surface area (Å²) in [7, 11) is 0. The smallest absolute Gasteiger partial charge is 0.407 e. The van der Waals surface area contributed by atoms with E-state index < -0.39 is 0 Å². The molecule has 1 aromatic rings. The lowest BCUT2D eigenvalue weighted by Crippen LogP contribution is -2.34. The fourth-order valence-electron chi connectivity index (χ4n) is 3.44. The molecular weight excluding hydrogens is 252 g/mol. The summed E-state index contributed by atoms with van der Waals surface area (Å²) in [5.41, 5.74) is 1.02. The van der Waals surface area contributed by atoms with Crippen LogP contribution in [0.15, 0.2) is 30.3 Å². The molecule has 1 aliphatic carbocycles. The molecule has 2 N–H and O–H groups in total. The molecule has 0 spiro atoms. The first-order valence-corrected chi connectivity index (χ1v) is 7.49. The number of alkyl carbamates (subject to hydrolysis) is 1. The summed E-state index contributed by atoms with van der Waals surface area (Å²) in [6, 6.07) is 10.1. The van der Waals surface area contributed by atoms with Gasteiger partial charge in [-0.1, -0.05) is 30.3 Å². The average molecular weight is 274 g/mol. The summed E-state index contributed by atoms with van der Waals surface area (Å²) in [4.78, 5) is 11.8. The molecule has 1 heterocycles. The van der Waals surface area contributed by atoms with Crippen molar-refractivity contribution in [2.45, 2.75) is 31.9 Å². The van der Waals surface area contributed by atoms with E-state index in [2.05, 4.69) is 10.6 Å². The molecule has 2 aliphatic rings. The van der Waals surface area contributed by atoms with Crippen molar-refractivity contribution in [3.63, 3.8) is 0 Å². The fraction of sp³-hybridized carbons (Fsp3) is 0.562. The van der Waals surface area contributed by atoms with Crippen LogP contribution >= 0.6 is 0 Å². The molecule has 1 aliphatic heterocycles. The molecule has 1 saturated carbocycles. The van der Waals surface area contributed by atoms with Gasteiger partial charge in [-0.15, -0.1) is 0 Å². The quantitative estimate of drug-likeness (QED) is 0.889. The van der Waals surface area contributed by atoms with Crippen molar-refractivity contribution in [2.24, 2.45) is 11.8 Å². The van der Waals surface area contributed by atoms with E-state index >= 15 is 0 Å². The van der Waals surface area contributed by atoms with Crippen molar-refractivity contribution >= 4 is 6.09 Å².